The predicted octanol–water partition coefficient (Wildman–Crippen LogP) is 2.50. The monoisotopic (exact) mass is 335 g/mol. The molecule has 0 saturated carbocycles. The Morgan fingerprint density at radius 1 is 1.36 bits per heavy atom. The lowest BCUT2D eigenvalue weighted by atomic mass is 9.95. The topological polar surface area (TPSA) is 63.2 Å². The van der Waals surface area contributed by atoms with Gasteiger partial charge >= 0.3 is 0 Å². The summed E-state index contributed by atoms with van der Waals surface area (Å²) in [7, 11) is 1.61. The zero-order chi connectivity index (χ0) is 15.1. The van der Waals surface area contributed by atoms with E-state index in [9.17, 15) is 4.79 Å². The van der Waals surface area contributed by atoms with Crippen molar-refractivity contribution in [2.75, 3.05) is 7.11 Å². The van der Waals surface area contributed by atoms with E-state index in [1.165, 1.54) is 35.5 Å². The second kappa shape index (κ2) is 5.64. The van der Waals surface area contributed by atoms with Crippen LogP contribution in [0.25, 0.3) is 9.75 Å². The van der Waals surface area contributed by atoms with E-state index in [1.54, 1.807) is 13.3 Å². The van der Waals surface area contributed by atoms with Gasteiger partial charge in [-0.15, -0.1) is 11.3 Å². The molecule has 2 bridgehead atoms. The van der Waals surface area contributed by atoms with E-state index in [0.29, 0.717) is 17.3 Å². The van der Waals surface area contributed by atoms with Gasteiger partial charge in [0.1, 0.15) is 0 Å². The average Bonchev–Trinajstić information content (AvgIpc) is 3.28. The summed E-state index contributed by atoms with van der Waals surface area (Å²) in [5.41, 5.74) is 0. The van der Waals surface area contributed by atoms with Crippen molar-refractivity contribution in [3.8, 4) is 14.9 Å². The smallest absolute Gasteiger partial charge is 0.273 e. The molecule has 2 N–H and O–H groups in total. The highest BCUT2D eigenvalue weighted by Gasteiger charge is 2.39. The molecule has 4 rings (SSSR count). The fourth-order valence-electron chi connectivity index (χ4n) is 3.28. The minimum Gasteiger partial charge on any atom is -0.473 e. The van der Waals surface area contributed by atoms with Crippen LogP contribution in [0.2, 0.25) is 0 Å². The Hall–Kier alpha value is -1.44. The Labute approximate surface area is 136 Å². The largest absolute Gasteiger partial charge is 0.473 e. The summed E-state index contributed by atoms with van der Waals surface area (Å²) in [4.78, 5) is 19.4. The number of aromatic nitrogens is 1. The van der Waals surface area contributed by atoms with Crippen LogP contribution in [0.3, 0.4) is 0 Å². The zero-order valence-electron chi connectivity index (χ0n) is 12.2. The number of hydrogen-bond acceptors (Lipinski definition) is 6. The second-order valence-electron chi connectivity index (χ2n) is 5.72. The molecule has 0 aromatic carbocycles. The molecule has 5 nitrogen and oxygen atoms in total. The van der Waals surface area contributed by atoms with Gasteiger partial charge in [0.2, 0.25) is 0 Å². The van der Waals surface area contributed by atoms with Crippen LogP contribution < -0.4 is 15.4 Å². The lowest BCUT2D eigenvalue weighted by Crippen LogP contribution is -2.42. The molecule has 0 spiro atoms. The first kappa shape index (κ1) is 14.2. The maximum Gasteiger partial charge on any atom is 0.273 e. The number of carbonyl (C=O) groups is 1. The molecule has 2 saturated heterocycles. The molecule has 0 radical (unpaired) electrons. The number of ether oxygens (including phenoxy) is 1. The van der Waals surface area contributed by atoms with E-state index >= 15 is 0 Å². The third-order valence-electron chi connectivity index (χ3n) is 4.35. The summed E-state index contributed by atoms with van der Waals surface area (Å²) in [5.74, 6) is 0.0343. The fraction of sp³-hybridized carbons (Fsp3) is 0.467. The quantitative estimate of drug-likeness (QED) is 0.901. The van der Waals surface area contributed by atoms with Crippen molar-refractivity contribution in [2.24, 2.45) is 0 Å². The fourth-order valence-corrected chi connectivity index (χ4v) is 5.00. The standard InChI is InChI=1S/C15H17N3O2S2/c1-20-15-16-7-13(22-15)11-4-5-12(21-11)14(19)18-10-6-8-2-3-9(10)17-8/h4-5,7-10,17H,2-3,6H2,1H3,(H,18,19). The third kappa shape index (κ3) is 2.53. The number of nitrogens with zero attached hydrogens (tertiary/aromatic N) is 1. The van der Waals surface area contributed by atoms with Crippen LogP contribution >= 0.6 is 22.7 Å². The predicted molar refractivity (Wildman–Crippen MR) is 87.8 cm³/mol. The van der Waals surface area contributed by atoms with Gasteiger partial charge in [-0.2, -0.15) is 0 Å². The van der Waals surface area contributed by atoms with Gasteiger partial charge in [0.15, 0.2) is 0 Å². The van der Waals surface area contributed by atoms with Crippen LogP contribution in [0.1, 0.15) is 28.9 Å². The van der Waals surface area contributed by atoms with E-state index in [4.69, 9.17) is 4.74 Å². The Morgan fingerprint density at radius 2 is 2.27 bits per heavy atom. The second-order valence-corrected chi connectivity index (χ2v) is 7.80. The first-order valence-electron chi connectivity index (χ1n) is 7.40. The molecule has 2 aliphatic rings. The van der Waals surface area contributed by atoms with Crippen molar-refractivity contribution in [2.45, 2.75) is 37.4 Å². The maximum absolute atomic E-state index is 12.4. The number of thiazole rings is 1. The highest BCUT2D eigenvalue weighted by Crippen LogP contribution is 2.35. The van der Waals surface area contributed by atoms with Crippen LogP contribution in [0.4, 0.5) is 0 Å². The minimum absolute atomic E-state index is 0.0343. The summed E-state index contributed by atoms with van der Waals surface area (Å²) < 4.78 is 5.11. The molecule has 3 unspecified atom stereocenters. The molecule has 2 aliphatic heterocycles. The SMILES string of the molecule is COc1ncc(-c2ccc(C(=O)NC3CC4CCC3N4)s2)s1. The van der Waals surface area contributed by atoms with Gasteiger partial charge in [-0.1, -0.05) is 11.3 Å². The highest BCUT2D eigenvalue weighted by molar-refractivity contribution is 7.23. The van der Waals surface area contributed by atoms with Crippen molar-refractivity contribution >= 4 is 28.6 Å². The van der Waals surface area contributed by atoms with E-state index in [-0.39, 0.29) is 11.9 Å². The van der Waals surface area contributed by atoms with Crippen LogP contribution in [0.15, 0.2) is 18.3 Å². The number of thiophene rings is 1. The molecule has 7 heteroatoms. The lowest BCUT2D eigenvalue weighted by Gasteiger charge is -2.20. The third-order valence-corrected chi connectivity index (χ3v) is 6.59. The number of rotatable bonds is 4. The molecule has 0 aliphatic carbocycles. The molecule has 22 heavy (non-hydrogen) atoms. The molecule has 2 fully saturated rings. The van der Waals surface area contributed by atoms with Gasteiger partial charge in [-0.3, -0.25) is 4.79 Å². The Balaban J connectivity index is 1.45. The number of methoxy groups -OCH3 is 1. The molecule has 2 aromatic rings. The average molecular weight is 335 g/mol. The van der Waals surface area contributed by atoms with Gasteiger partial charge in [-0.25, -0.2) is 4.98 Å². The summed E-state index contributed by atoms with van der Waals surface area (Å²) in [6.45, 7) is 0. The normalized spacial score (nSPS) is 26.3. The minimum atomic E-state index is 0.0343. The molecule has 116 valence electrons. The summed E-state index contributed by atoms with van der Waals surface area (Å²) in [5, 5.41) is 7.36. The molecule has 3 atom stereocenters. The van der Waals surface area contributed by atoms with E-state index in [2.05, 4.69) is 15.6 Å². The molecule has 2 aromatic heterocycles. The van der Waals surface area contributed by atoms with Gasteiger partial charge in [0, 0.05) is 23.0 Å². The van der Waals surface area contributed by atoms with E-state index < -0.39 is 0 Å². The maximum atomic E-state index is 12.4. The van der Waals surface area contributed by atoms with Crippen molar-refractivity contribution in [1.82, 2.24) is 15.6 Å². The number of fused-ring (bicyclic) bond motifs is 2. The number of hydrogen-bond donors (Lipinski definition) is 2. The summed E-state index contributed by atoms with van der Waals surface area (Å²) in [6.07, 6.45) is 5.26. The molecular weight excluding hydrogens is 318 g/mol. The zero-order valence-corrected chi connectivity index (χ0v) is 13.8. The first-order valence-corrected chi connectivity index (χ1v) is 9.03. The first-order chi connectivity index (χ1) is 10.7. The Kier molecular flexibility index (Phi) is 3.63. The van der Waals surface area contributed by atoms with Gasteiger partial charge in [0.05, 0.1) is 23.1 Å². The number of amides is 1. The van der Waals surface area contributed by atoms with E-state index in [1.807, 2.05) is 12.1 Å². The van der Waals surface area contributed by atoms with Gasteiger partial charge in [-0.05, 0) is 31.4 Å². The van der Waals surface area contributed by atoms with Crippen molar-refractivity contribution in [1.29, 1.82) is 0 Å². The van der Waals surface area contributed by atoms with Crippen LogP contribution in [-0.4, -0.2) is 36.1 Å². The number of carbonyl (C=O) groups excluding carboxylic acids is 1. The van der Waals surface area contributed by atoms with Crippen molar-refractivity contribution < 1.29 is 9.53 Å². The van der Waals surface area contributed by atoms with Gasteiger partial charge < -0.3 is 15.4 Å². The Morgan fingerprint density at radius 3 is 2.95 bits per heavy atom. The van der Waals surface area contributed by atoms with Crippen molar-refractivity contribution in [3.63, 3.8) is 0 Å². The highest BCUT2D eigenvalue weighted by atomic mass is 32.1. The Bertz CT molecular complexity index is 697. The molecule has 4 heterocycles. The van der Waals surface area contributed by atoms with Crippen LogP contribution in [0, 0.1) is 0 Å². The molecule has 1 amide bonds. The molecular formula is C15H17N3O2S2. The van der Waals surface area contributed by atoms with Crippen LogP contribution in [-0.2, 0) is 0 Å². The number of nitrogens with one attached hydrogen (secondary N) is 2. The summed E-state index contributed by atoms with van der Waals surface area (Å²) in [6, 6.07) is 5.20. The summed E-state index contributed by atoms with van der Waals surface area (Å²) >= 11 is 2.99. The van der Waals surface area contributed by atoms with Gasteiger partial charge in [0.25, 0.3) is 11.1 Å². The van der Waals surface area contributed by atoms with Crippen LogP contribution in [0.5, 0.6) is 5.19 Å². The lowest BCUT2D eigenvalue weighted by molar-refractivity contribution is 0.0935. The van der Waals surface area contributed by atoms with Crippen molar-refractivity contribution in [3.05, 3.63) is 23.2 Å². The van der Waals surface area contributed by atoms with E-state index in [0.717, 1.165) is 21.1 Å².